The van der Waals surface area contributed by atoms with Crippen LogP contribution in [-0.4, -0.2) is 120 Å². The molecule has 3 heterocycles. The van der Waals surface area contributed by atoms with Gasteiger partial charge in [0.25, 0.3) is 0 Å². The number of rotatable bonds is 11. The fraction of sp³-hybridized carbons (Fsp3) is 0.385. The Morgan fingerprint density at radius 3 is 2.26 bits per heavy atom. The molecule has 17 nitrogen and oxygen atoms in total. The third-order valence-electron chi connectivity index (χ3n) is 10.8. The molecule has 3 unspecified atom stereocenters. The first-order valence-corrected chi connectivity index (χ1v) is 22.0. The highest BCUT2D eigenvalue weighted by Gasteiger charge is 2.43. The number of aromatic hydroxyl groups is 2. The number of carbonyl (C=O) groups excluding carboxylic acids is 3. The van der Waals surface area contributed by atoms with Gasteiger partial charge in [-0.05, 0) is 66.6 Å². The number of hydrogen-bond donors (Lipinski definition) is 7. The second kappa shape index (κ2) is 19.5. The van der Waals surface area contributed by atoms with Crippen molar-refractivity contribution in [3.8, 4) is 17.2 Å². The number of carbonyl (C=O) groups is 4. The normalized spacial score (nSPS) is 19.3. The van der Waals surface area contributed by atoms with Gasteiger partial charge in [-0.25, -0.2) is 22.5 Å². The SMILES string of the molecule is C=C(NC1Cc2ccc(F)c(C(=O)O)c2OB1OC)C(NC(=O)N1CCN(C2CCN(S(=O)c3ccc(O)c(O)c3Cl)CC2)C(=O)C1=O)c1ccc(P(O)O)cc1.CC1CC1. The Labute approximate surface area is 359 Å². The van der Waals surface area contributed by atoms with Crippen molar-refractivity contribution in [3.63, 3.8) is 0 Å². The smallest absolute Gasteiger partial charge is 0.534 e. The first-order valence-electron chi connectivity index (χ1n) is 19.3. The van der Waals surface area contributed by atoms with Gasteiger partial charge in [0.05, 0.1) is 16.9 Å². The van der Waals surface area contributed by atoms with E-state index in [0.29, 0.717) is 24.0 Å². The van der Waals surface area contributed by atoms with Crippen molar-refractivity contribution < 1.29 is 62.2 Å². The number of carboxylic acids is 1. The number of urea groups is 1. The zero-order valence-electron chi connectivity index (χ0n) is 33.1. The second-order valence-electron chi connectivity index (χ2n) is 15.0. The van der Waals surface area contributed by atoms with Crippen molar-refractivity contribution in [2.24, 2.45) is 5.92 Å². The predicted molar refractivity (Wildman–Crippen MR) is 223 cm³/mol. The molecule has 1 saturated carbocycles. The number of hydrogen-bond acceptors (Lipinski definition) is 12. The summed E-state index contributed by atoms with van der Waals surface area (Å²) in [6.07, 6.45) is 3.75. The molecule has 7 N–H and O–H groups in total. The van der Waals surface area contributed by atoms with Crippen LogP contribution in [0.4, 0.5) is 9.18 Å². The molecule has 3 aromatic rings. The van der Waals surface area contributed by atoms with Gasteiger partial charge < -0.3 is 49.9 Å². The van der Waals surface area contributed by atoms with E-state index in [9.17, 15) is 52.9 Å². The van der Waals surface area contributed by atoms with E-state index in [2.05, 4.69) is 24.1 Å². The molecule has 3 fully saturated rings. The third-order valence-corrected chi connectivity index (χ3v) is 13.6. The van der Waals surface area contributed by atoms with Crippen molar-refractivity contribution in [2.45, 2.75) is 61.9 Å². The summed E-state index contributed by atoms with van der Waals surface area (Å²) in [5, 5.41) is 35.1. The molecule has 4 amide bonds. The highest BCUT2D eigenvalue weighted by Crippen LogP contribution is 2.38. The van der Waals surface area contributed by atoms with Crippen LogP contribution < -0.4 is 20.6 Å². The standard InChI is InChI=1S/C35H37BClFN5O12PS.C4H8/c1-18(39-26-17-20-5-8-23(38)27(34(48)49)31(20)55-36(26)54-2)29(19-3-6-22(7-4-19)56(51)52)40-35(50)43-16-15-42(32(46)33(43)47)21-11-13-41(14-12-21)57(53)25-10-9-24(44)30(45)28(25)37;1-4-2-3-4/h3-10,21,26,29,39,44-45,51-52H,1,11-17H2,2H3,(H,40,50)(H,48,49);4H,2-3H2,1H3. The number of fused-ring (bicyclic) bond motifs is 1. The van der Waals surface area contributed by atoms with Crippen molar-refractivity contribution in [1.29, 1.82) is 0 Å². The van der Waals surface area contributed by atoms with E-state index in [4.69, 9.17) is 20.9 Å². The van der Waals surface area contributed by atoms with Crippen LogP contribution in [0.2, 0.25) is 5.02 Å². The topological polar surface area (TPSA) is 239 Å². The molecule has 4 aliphatic rings. The number of nitrogens with zero attached hydrogens (tertiary/aromatic N) is 3. The number of piperazine rings is 1. The molecule has 0 bridgehead atoms. The summed E-state index contributed by atoms with van der Waals surface area (Å²) in [6, 6.07) is 8.40. The van der Waals surface area contributed by atoms with Crippen LogP contribution >= 0.6 is 20.0 Å². The maximum atomic E-state index is 14.4. The molecule has 22 heteroatoms. The van der Waals surface area contributed by atoms with Crippen molar-refractivity contribution >= 4 is 67.2 Å². The fourth-order valence-electron chi connectivity index (χ4n) is 7.14. The number of amides is 4. The maximum absolute atomic E-state index is 14.4. The van der Waals surface area contributed by atoms with Gasteiger partial charge in [0.2, 0.25) is 0 Å². The number of piperidine rings is 1. The Morgan fingerprint density at radius 1 is 1.02 bits per heavy atom. The lowest BCUT2D eigenvalue weighted by atomic mass is 9.71. The van der Waals surface area contributed by atoms with Crippen LogP contribution in [0, 0.1) is 11.7 Å². The van der Waals surface area contributed by atoms with Gasteiger partial charge in [-0.2, -0.15) is 0 Å². The Kier molecular flexibility index (Phi) is 14.6. The molecule has 3 aromatic carbocycles. The van der Waals surface area contributed by atoms with Gasteiger partial charge in [-0.15, -0.1) is 0 Å². The molecule has 61 heavy (non-hydrogen) atoms. The second-order valence-corrected chi connectivity index (χ2v) is 17.9. The number of benzene rings is 3. The minimum atomic E-state index is -2.43. The minimum absolute atomic E-state index is 0.0196. The first-order chi connectivity index (χ1) is 29.0. The highest BCUT2D eigenvalue weighted by molar-refractivity contribution is 7.82. The first kappa shape index (κ1) is 45.7. The van der Waals surface area contributed by atoms with Gasteiger partial charge >= 0.3 is 30.9 Å². The number of imide groups is 1. The summed E-state index contributed by atoms with van der Waals surface area (Å²) in [6.45, 7) is 6.75. The number of phenols is 2. The van der Waals surface area contributed by atoms with Gasteiger partial charge in [0, 0.05) is 50.3 Å². The van der Waals surface area contributed by atoms with E-state index in [1.807, 2.05) is 0 Å². The lowest BCUT2D eigenvalue weighted by molar-refractivity contribution is -0.156. The zero-order valence-corrected chi connectivity index (χ0v) is 35.6. The number of halogens is 2. The van der Waals surface area contributed by atoms with Crippen LogP contribution in [0.1, 0.15) is 60.1 Å². The van der Waals surface area contributed by atoms with E-state index < -0.39 is 91.2 Å². The summed E-state index contributed by atoms with van der Waals surface area (Å²) in [4.78, 5) is 74.2. The lowest BCUT2D eigenvalue weighted by Gasteiger charge is -2.41. The van der Waals surface area contributed by atoms with Crippen LogP contribution in [-0.2, 0) is 31.6 Å². The monoisotopic (exact) mass is 903 g/mol. The summed E-state index contributed by atoms with van der Waals surface area (Å²) in [5.74, 6) is -5.38. The molecule has 1 aliphatic carbocycles. The van der Waals surface area contributed by atoms with Gasteiger partial charge in [0.15, 0.2) is 19.9 Å². The van der Waals surface area contributed by atoms with E-state index in [1.54, 1.807) is 4.31 Å². The summed E-state index contributed by atoms with van der Waals surface area (Å²) < 4.78 is 40.5. The number of phenolic OH excluding ortho intramolecular Hbond substituents is 2. The van der Waals surface area contributed by atoms with Crippen molar-refractivity contribution in [1.82, 2.24) is 24.7 Å². The van der Waals surface area contributed by atoms with E-state index in [0.717, 1.165) is 16.9 Å². The maximum Gasteiger partial charge on any atom is 0.549 e. The predicted octanol–water partition coefficient (Wildman–Crippen LogP) is 3.32. The zero-order chi connectivity index (χ0) is 44.3. The molecular weight excluding hydrogens is 859 g/mol. The quantitative estimate of drug-likeness (QED) is 0.0634. The number of nitrogens with one attached hydrogen (secondary N) is 2. The molecule has 2 saturated heterocycles. The molecule has 3 aliphatic heterocycles. The molecule has 0 radical (unpaired) electrons. The van der Waals surface area contributed by atoms with Gasteiger partial charge in [-0.1, -0.05) is 56.1 Å². The highest BCUT2D eigenvalue weighted by atomic mass is 35.5. The van der Waals surface area contributed by atoms with Gasteiger partial charge in [0.1, 0.15) is 33.1 Å². The molecular formula is C39H45BClFN5O12PS. The fourth-order valence-corrected chi connectivity index (χ4v) is 9.17. The van der Waals surface area contributed by atoms with E-state index >= 15 is 0 Å². The summed E-state index contributed by atoms with van der Waals surface area (Å²) in [5.41, 5.74) is 0.257. The van der Waals surface area contributed by atoms with Crippen LogP contribution in [0.3, 0.4) is 0 Å². The molecule has 7 rings (SSSR count). The van der Waals surface area contributed by atoms with Gasteiger partial charge in [-0.3, -0.25) is 14.5 Å². The Hall–Kier alpha value is -4.82. The number of carboxylic acid groups (broad SMARTS) is 1. The van der Waals surface area contributed by atoms with Crippen LogP contribution in [0.5, 0.6) is 17.2 Å². The Balaban J connectivity index is 0.00000147. The lowest BCUT2D eigenvalue weighted by Crippen LogP contribution is -2.62. The van der Waals surface area contributed by atoms with E-state index in [-0.39, 0.29) is 59.3 Å². The third kappa shape index (κ3) is 10.3. The van der Waals surface area contributed by atoms with E-state index in [1.165, 1.54) is 67.3 Å². The molecule has 3 atom stereocenters. The average molecular weight is 904 g/mol. The molecule has 326 valence electrons. The molecule has 0 spiro atoms. The minimum Gasteiger partial charge on any atom is -0.534 e. The summed E-state index contributed by atoms with van der Waals surface area (Å²) >= 11 is 6.11. The molecule has 0 aromatic heterocycles. The summed E-state index contributed by atoms with van der Waals surface area (Å²) in [7, 11) is -4.05. The average Bonchev–Trinajstić information content (AvgIpc) is 4.04. The van der Waals surface area contributed by atoms with Crippen molar-refractivity contribution in [3.05, 3.63) is 88.3 Å². The van der Waals surface area contributed by atoms with Crippen LogP contribution in [0.25, 0.3) is 0 Å². The Bertz CT molecular complexity index is 2220. The largest absolute Gasteiger partial charge is 0.549 e. The van der Waals surface area contributed by atoms with Crippen molar-refractivity contribution in [2.75, 3.05) is 33.3 Å². The number of aromatic carboxylic acids is 1. The van der Waals surface area contributed by atoms with Crippen LogP contribution in [0.15, 0.2) is 65.7 Å². The Morgan fingerprint density at radius 2 is 1.67 bits per heavy atom.